The molecule has 0 saturated carbocycles. The number of ketones is 1. The Hall–Kier alpha value is -2.13. The van der Waals surface area contributed by atoms with E-state index < -0.39 is 0 Å². The second-order valence-corrected chi connectivity index (χ2v) is 4.99. The van der Waals surface area contributed by atoms with Gasteiger partial charge >= 0.3 is 0 Å². The Labute approximate surface area is 122 Å². The van der Waals surface area contributed by atoms with Crippen molar-refractivity contribution in [3.05, 3.63) is 64.2 Å². The molecule has 0 unspecified atom stereocenters. The summed E-state index contributed by atoms with van der Waals surface area (Å²) >= 11 is 5.87. The summed E-state index contributed by atoms with van der Waals surface area (Å²) in [4.78, 5) is 23.5. The molecule has 0 aliphatic heterocycles. The van der Waals surface area contributed by atoms with Crippen molar-refractivity contribution in [2.75, 3.05) is 5.32 Å². The van der Waals surface area contributed by atoms with E-state index in [9.17, 15) is 9.59 Å². The topological polar surface area (TPSA) is 46.2 Å². The number of halogens is 1. The molecule has 0 saturated heterocycles. The predicted molar refractivity (Wildman–Crippen MR) is 80.6 cm³/mol. The second-order valence-electron chi connectivity index (χ2n) is 4.55. The van der Waals surface area contributed by atoms with Crippen molar-refractivity contribution in [1.29, 1.82) is 0 Å². The highest BCUT2D eigenvalue weighted by atomic mass is 35.5. The molecular weight excluding hydrogens is 274 g/mol. The summed E-state index contributed by atoms with van der Waals surface area (Å²) in [6.45, 7) is 3.32. The first-order valence-corrected chi connectivity index (χ1v) is 6.53. The molecule has 0 aliphatic rings. The van der Waals surface area contributed by atoms with Crippen molar-refractivity contribution in [1.82, 2.24) is 0 Å². The molecule has 20 heavy (non-hydrogen) atoms. The monoisotopic (exact) mass is 287 g/mol. The third-order valence-electron chi connectivity index (χ3n) is 2.96. The van der Waals surface area contributed by atoms with Crippen LogP contribution in [0.15, 0.2) is 42.5 Å². The van der Waals surface area contributed by atoms with Crippen LogP contribution in [0.2, 0.25) is 5.02 Å². The van der Waals surface area contributed by atoms with Gasteiger partial charge in [0.2, 0.25) is 0 Å². The quantitative estimate of drug-likeness (QED) is 0.864. The molecule has 0 aromatic heterocycles. The number of aryl methyl sites for hydroxylation is 1. The summed E-state index contributed by atoms with van der Waals surface area (Å²) in [6, 6.07) is 12.0. The molecule has 0 heterocycles. The first kappa shape index (κ1) is 14.3. The Kier molecular flexibility index (Phi) is 4.20. The number of carbonyl (C=O) groups excluding carboxylic acids is 2. The zero-order valence-corrected chi connectivity index (χ0v) is 12.0. The number of rotatable bonds is 3. The van der Waals surface area contributed by atoms with Gasteiger partial charge < -0.3 is 5.32 Å². The number of carbonyl (C=O) groups is 2. The van der Waals surface area contributed by atoms with Gasteiger partial charge in [-0.2, -0.15) is 0 Å². The van der Waals surface area contributed by atoms with Crippen LogP contribution < -0.4 is 5.32 Å². The fraction of sp³-hybridized carbons (Fsp3) is 0.125. The SMILES string of the molecule is CC(=O)c1cccc(NC(=O)c2ccc(Cl)cc2C)c1. The summed E-state index contributed by atoms with van der Waals surface area (Å²) in [5.74, 6) is -0.261. The fourth-order valence-electron chi connectivity index (χ4n) is 1.90. The van der Waals surface area contributed by atoms with Gasteiger partial charge in [-0.1, -0.05) is 23.7 Å². The molecule has 4 heteroatoms. The van der Waals surface area contributed by atoms with Crippen LogP contribution in [-0.2, 0) is 0 Å². The maximum absolute atomic E-state index is 12.2. The Bertz CT molecular complexity index is 680. The van der Waals surface area contributed by atoms with Crippen LogP contribution in [0.1, 0.15) is 33.2 Å². The van der Waals surface area contributed by atoms with Crippen LogP contribution >= 0.6 is 11.6 Å². The van der Waals surface area contributed by atoms with Crippen molar-refractivity contribution in [2.45, 2.75) is 13.8 Å². The molecule has 0 atom stereocenters. The van der Waals surface area contributed by atoms with Gasteiger partial charge in [0.05, 0.1) is 0 Å². The number of Topliss-reactive ketones (excluding diaryl/α,β-unsaturated/α-hetero) is 1. The van der Waals surface area contributed by atoms with Crippen molar-refractivity contribution in [3.8, 4) is 0 Å². The normalized spacial score (nSPS) is 10.2. The molecule has 0 aliphatic carbocycles. The lowest BCUT2D eigenvalue weighted by atomic mass is 10.1. The lowest BCUT2D eigenvalue weighted by Crippen LogP contribution is -2.13. The van der Waals surface area contributed by atoms with Crippen LogP contribution in [0.25, 0.3) is 0 Å². The van der Waals surface area contributed by atoms with Crippen molar-refractivity contribution >= 4 is 29.0 Å². The van der Waals surface area contributed by atoms with E-state index in [1.165, 1.54) is 6.92 Å². The van der Waals surface area contributed by atoms with Crippen molar-refractivity contribution in [2.24, 2.45) is 0 Å². The molecule has 102 valence electrons. The molecular formula is C16H14ClNO2. The number of anilines is 1. The van der Waals surface area contributed by atoms with Gasteiger partial charge in [-0.3, -0.25) is 9.59 Å². The summed E-state index contributed by atoms with van der Waals surface area (Å²) in [6.07, 6.45) is 0. The molecule has 2 rings (SSSR count). The summed E-state index contributed by atoms with van der Waals surface area (Å²) in [5, 5.41) is 3.37. The molecule has 0 bridgehead atoms. The van der Waals surface area contributed by atoms with Crippen molar-refractivity contribution in [3.63, 3.8) is 0 Å². The van der Waals surface area contributed by atoms with Gasteiger partial charge in [-0.15, -0.1) is 0 Å². The molecule has 2 aromatic carbocycles. The molecule has 2 aromatic rings. The van der Waals surface area contributed by atoms with Gasteiger partial charge in [-0.05, 0) is 49.7 Å². The van der Waals surface area contributed by atoms with E-state index in [0.717, 1.165) is 5.56 Å². The van der Waals surface area contributed by atoms with Gasteiger partial charge in [-0.25, -0.2) is 0 Å². The molecule has 1 amide bonds. The van der Waals surface area contributed by atoms with E-state index >= 15 is 0 Å². The Balaban J connectivity index is 2.23. The number of nitrogens with one attached hydrogen (secondary N) is 1. The summed E-state index contributed by atoms with van der Waals surface area (Å²) < 4.78 is 0. The average Bonchev–Trinajstić information content (AvgIpc) is 2.38. The van der Waals surface area contributed by atoms with E-state index in [1.807, 2.05) is 6.92 Å². The number of benzene rings is 2. The zero-order chi connectivity index (χ0) is 14.7. The minimum Gasteiger partial charge on any atom is -0.322 e. The van der Waals surface area contributed by atoms with Crippen LogP contribution in [-0.4, -0.2) is 11.7 Å². The molecule has 1 N–H and O–H groups in total. The van der Waals surface area contributed by atoms with E-state index in [0.29, 0.717) is 21.8 Å². The number of hydrogen-bond donors (Lipinski definition) is 1. The van der Waals surface area contributed by atoms with Crippen LogP contribution in [0.3, 0.4) is 0 Å². The Morgan fingerprint density at radius 1 is 1.10 bits per heavy atom. The van der Waals surface area contributed by atoms with Crippen LogP contribution in [0, 0.1) is 6.92 Å². The fourth-order valence-corrected chi connectivity index (χ4v) is 2.12. The lowest BCUT2D eigenvalue weighted by Gasteiger charge is -2.08. The van der Waals surface area contributed by atoms with E-state index in [4.69, 9.17) is 11.6 Å². The molecule has 3 nitrogen and oxygen atoms in total. The molecule has 0 spiro atoms. The average molecular weight is 288 g/mol. The highest BCUT2D eigenvalue weighted by molar-refractivity contribution is 6.30. The zero-order valence-electron chi connectivity index (χ0n) is 11.2. The third kappa shape index (κ3) is 3.25. The van der Waals surface area contributed by atoms with E-state index in [2.05, 4.69) is 5.32 Å². The van der Waals surface area contributed by atoms with Crippen LogP contribution in [0.4, 0.5) is 5.69 Å². The highest BCUT2D eigenvalue weighted by Gasteiger charge is 2.10. The second kappa shape index (κ2) is 5.88. The molecule has 0 fully saturated rings. The maximum Gasteiger partial charge on any atom is 0.255 e. The number of amides is 1. The van der Waals surface area contributed by atoms with Crippen LogP contribution in [0.5, 0.6) is 0 Å². The van der Waals surface area contributed by atoms with Gasteiger partial charge in [0, 0.05) is 21.8 Å². The van der Waals surface area contributed by atoms with Crippen molar-refractivity contribution < 1.29 is 9.59 Å². The van der Waals surface area contributed by atoms with Gasteiger partial charge in [0.1, 0.15) is 0 Å². The first-order chi connectivity index (χ1) is 9.47. The molecule has 0 radical (unpaired) electrons. The smallest absolute Gasteiger partial charge is 0.255 e. The highest BCUT2D eigenvalue weighted by Crippen LogP contribution is 2.17. The third-order valence-corrected chi connectivity index (χ3v) is 3.20. The summed E-state index contributed by atoms with van der Waals surface area (Å²) in [5.41, 5.74) is 2.52. The lowest BCUT2D eigenvalue weighted by molar-refractivity contribution is 0.101. The largest absolute Gasteiger partial charge is 0.322 e. The maximum atomic E-state index is 12.2. The van der Waals surface area contributed by atoms with E-state index in [-0.39, 0.29) is 11.7 Å². The Morgan fingerprint density at radius 2 is 1.85 bits per heavy atom. The minimum atomic E-state index is -0.222. The first-order valence-electron chi connectivity index (χ1n) is 6.16. The minimum absolute atomic E-state index is 0.0382. The van der Waals surface area contributed by atoms with E-state index in [1.54, 1.807) is 42.5 Å². The van der Waals surface area contributed by atoms with Gasteiger partial charge in [0.25, 0.3) is 5.91 Å². The Morgan fingerprint density at radius 3 is 2.50 bits per heavy atom. The summed E-state index contributed by atoms with van der Waals surface area (Å²) in [7, 11) is 0. The standard InChI is InChI=1S/C16H14ClNO2/c1-10-8-13(17)6-7-15(10)16(20)18-14-5-3-4-12(9-14)11(2)19/h3-9H,1-2H3,(H,18,20). The predicted octanol–water partition coefficient (Wildman–Crippen LogP) is 4.10. The van der Waals surface area contributed by atoms with Gasteiger partial charge in [0.15, 0.2) is 5.78 Å². The number of hydrogen-bond acceptors (Lipinski definition) is 2.